The van der Waals surface area contributed by atoms with E-state index in [-0.39, 0.29) is 19.0 Å². The van der Waals surface area contributed by atoms with Crippen LogP contribution in [-0.4, -0.2) is 49.1 Å². The number of carboxylic acids is 1. The molecule has 0 saturated carbocycles. The highest BCUT2D eigenvalue weighted by molar-refractivity contribution is 5.84. The average molecular weight is 342 g/mol. The quantitative estimate of drug-likeness (QED) is 0.797. The van der Waals surface area contributed by atoms with Crippen LogP contribution in [0.4, 0.5) is 5.69 Å². The van der Waals surface area contributed by atoms with Gasteiger partial charge in [-0.3, -0.25) is 9.59 Å². The first kappa shape index (κ1) is 18.3. The van der Waals surface area contributed by atoms with E-state index in [1.165, 1.54) is 0 Å². The van der Waals surface area contributed by atoms with Crippen LogP contribution in [0, 0.1) is 0 Å². The summed E-state index contributed by atoms with van der Waals surface area (Å²) in [6, 6.07) is 16.5. The molecule has 6 nitrogen and oxygen atoms in total. The van der Waals surface area contributed by atoms with Gasteiger partial charge in [0, 0.05) is 19.3 Å². The Hall–Kier alpha value is -3.02. The topological polar surface area (TPSA) is 70.1 Å². The molecular weight excluding hydrogens is 320 g/mol. The minimum Gasteiger partial charge on any atom is -0.497 e. The van der Waals surface area contributed by atoms with E-state index in [0.29, 0.717) is 12.2 Å². The van der Waals surface area contributed by atoms with Crippen molar-refractivity contribution < 1.29 is 19.4 Å². The third-order valence-electron chi connectivity index (χ3n) is 3.78. The molecule has 0 spiro atoms. The number of ether oxygens (including phenoxy) is 1. The summed E-state index contributed by atoms with van der Waals surface area (Å²) in [5.74, 6) is -0.371. The van der Waals surface area contributed by atoms with Gasteiger partial charge in [-0.2, -0.15) is 0 Å². The summed E-state index contributed by atoms with van der Waals surface area (Å²) < 4.78 is 5.12. The third kappa shape index (κ3) is 5.53. The fourth-order valence-corrected chi connectivity index (χ4v) is 2.42. The molecule has 0 bridgehead atoms. The summed E-state index contributed by atoms with van der Waals surface area (Å²) in [5, 5.41) is 9.10. The number of likely N-dealkylation sites (N-methyl/N-ethyl adjacent to an activating group) is 1. The van der Waals surface area contributed by atoms with Crippen LogP contribution >= 0.6 is 0 Å². The number of anilines is 1. The van der Waals surface area contributed by atoms with Crippen LogP contribution in [0.3, 0.4) is 0 Å². The fourth-order valence-electron chi connectivity index (χ4n) is 2.42. The first-order chi connectivity index (χ1) is 12.0. The van der Waals surface area contributed by atoms with Gasteiger partial charge in [0.15, 0.2) is 0 Å². The summed E-state index contributed by atoms with van der Waals surface area (Å²) in [6.45, 7) is 0.216. The van der Waals surface area contributed by atoms with Crippen LogP contribution < -0.4 is 9.64 Å². The highest BCUT2D eigenvalue weighted by atomic mass is 16.5. The van der Waals surface area contributed by atoms with Crippen molar-refractivity contribution in [2.24, 2.45) is 0 Å². The predicted octanol–water partition coefficient (Wildman–Crippen LogP) is 2.24. The average Bonchev–Trinajstić information content (AvgIpc) is 2.62. The molecule has 0 saturated heterocycles. The van der Waals surface area contributed by atoms with Crippen molar-refractivity contribution >= 4 is 17.6 Å². The lowest BCUT2D eigenvalue weighted by Crippen LogP contribution is -2.40. The van der Waals surface area contributed by atoms with Crippen LogP contribution in [0.15, 0.2) is 54.6 Å². The van der Waals surface area contributed by atoms with E-state index < -0.39 is 5.97 Å². The van der Waals surface area contributed by atoms with Gasteiger partial charge in [-0.1, -0.05) is 30.3 Å². The molecule has 1 amide bonds. The van der Waals surface area contributed by atoms with Crippen molar-refractivity contribution in [3.63, 3.8) is 0 Å². The lowest BCUT2D eigenvalue weighted by molar-refractivity contribution is -0.135. The van der Waals surface area contributed by atoms with Crippen molar-refractivity contribution in [1.29, 1.82) is 0 Å². The summed E-state index contributed by atoms with van der Waals surface area (Å²) in [6.07, 6.45) is 0. The minimum absolute atomic E-state index is 0.00294. The number of carbonyl (C=O) groups is 2. The zero-order valence-corrected chi connectivity index (χ0v) is 14.4. The predicted molar refractivity (Wildman–Crippen MR) is 95.8 cm³/mol. The van der Waals surface area contributed by atoms with Gasteiger partial charge in [0.25, 0.3) is 0 Å². The van der Waals surface area contributed by atoms with E-state index in [2.05, 4.69) is 0 Å². The minimum atomic E-state index is -0.977. The fraction of sp³-hybridized carbons (Fsp3) is 0.263. The Morgan fingerprint density at radius 1 is 1.00 bits per heavy atom. The second-order valence-electron chi connectivity index (χ2n) is 5.68. The maximum Gasteiger partial charge on any atom is 0.323 e. The van der Waals surface area contributed by atoms with Crippen molar-refractivity contribution in [3.05, 3.63) is 60.2 Å². The number of para-hydroxylation sites is 1. The Kier molecular flexibility index (Phi) is 6.39. The number of hydrogen-bond donors (Lipinski definition) is 1. The molecule has 0 aliphatic rings. The Labute approximate surface area is 147 Å². The molecule has 0 aromatic heterocycles. The van der Waals surface area contributed by atoms with Crippen molar-refractivity contribution in [1.82, 2.24) is 4.90 Å². The molecule has 0 heterocycles. The maximum absolute atomic E-state index is 12.5. The van der Waals surface area contributed by atoms with E-state index in [0.717, 1.165) is 11.3 Å². The monoisotopic (exact) mass is 342 g/mol. The summed E-state index contributed by atoms with van der Waals surface area (Å²) in [5.41, 5.74) is 1.68. The van der Waals surface area contributed by atoms with Crippen molar-refractivity contribution in [2.45, 2.75) is 6.54 Å². The number of nitrogens with zero attached hydrogens (tertiary/aromatic N) is 2. The molecule has 0 radical (unpaired) electrons. The molecule has 1 N–H and O–H groups in total. The van der Waals surface area contributed by atoms with E-state index in [4.69, 9.17) is 9.84 Å². The largest absolute Gasteiger partial charge is 0.497 e. The molecule has 132 valence electrons. The molecule has 25 heavy (non-hydrogen) atoms. The second-order valence-corrected chi connectivity index (χ2v) is 5.68. The van der Waals surface area contributed by atoms with Gasteiger partial charge in [-0.25, -0.2) is 0 Å². The van der Waals surface area contributed by atoms with Gasteiger partial charge in [0.05, 0.1) is 13.7 Å². The zero-order valence-electron chi connectivity index (χ0n) is 14.4. The Morgan fingerprint density at radius 2 is 1.64 bits per heavy atom. The second kappa shape index (κ2) is 8.73. The first-order valence-electron chi connectivity index (χ1n) is 7.88. The molecule has 2 rings (SSSR count). The number of hydrogen-bond acceptors (Lipinski definition) is 4. The Bertz CT molecular complexity index is 701. The van der Waals surface area contributed by atoms with E-state index >= 15 is 0 Å². The van der Waals surface area contributed by atoms with E-state index in [1.807, 2.05) is 42.5 Å². The zero-order chi connectivity index (χ0) is 18.2. The van der Waals surface area contributed by atoms with Crippen LogP contribution in [0.25, 0.3) is 0 Å². The number of methoxy groups -OCH3 is 1. The highest BCUT2D eigenvalue weighted by Gasteiger charge is 2.17. The molecule has 0 fully saturated rings. The number of carboxylic acid groups (broad SMARTS) is 1. The number of benzene rings is 2. The van der Waals surface area contributed by atoms with E-state index in [1.54, 1.807) is 36.1 Å². The third-order valence-corrected chi connectivity index (χ3v) is 3.78. The molecule has 2 aromatic rings. The molecule has 0 atom stereocenters. The molecule has 0 aliphatic heterocycles. The highest BCUT2D eigenvalue weighted by Crippen LogP contribution is 2.15. The van der Waals surface area contributed by atoms with Gasteiger partial charge >= 0.3 is 5.97 Å². The molecular formula is C19H22N2O4. The molecule has 0 aliphatic carbocycles. The standard InChI is InChI=1S/C19H22N2O4/c1-20(12-15-8-10-17(25-2)11-9-15)18(22)13-21(14-19(23)24)16-6-4-3-5-7-16/h3-11H,12-14H2,1-2H3,(H,23,24). The maximum atomic E-state index is 12.5. The van der Waals surface area contributed by atoms with Crippen LogP contribution in [0.2, 0.25) is 0 Å². The summed E-state index contributed by atoms with van der Waals surface area (Å²) >= 11 is 0. The van der Waals surface area contributed by atoms with Crippen LogP contribution in [-0.2, 0) is 16.1 Å². The number of carbonyl (C=O) groups excluding carboxylic acids is 1. The first-order valence-corrected chi connectivity index (χ1v) is 7.88. The van der Waals surface area contributed by atoms with Crippen LogP contribution in [0.1, 0.15) is 5.56 Å². The van der Waals surface area contributed by atoms with Crippen molar-refractivity contribution in [3.8, 4) is 5.75 Å². The van der Waals surface area contributed by atoms with Gasteiger partial charge in [0.2, 0.25) is 5.91 Å². The SMILES string of the molecule is COc1ccc(CN(C)C(=O)CN(CC(=O)O)c2ccccc2)cc1. The normalized spacial score (nSPS) is 10.2. The molecule has 0 unspecified atom stereocenters. The Balaban J connectivity index is 2.02. The smallest absolute Gasteiger partial charge is 0.323 e. The van der Waals surface area contributed by atoms with Gasteiger partial charge in [0.1, 0.15) is 12.3 Å². The molecule has 2 aromatic carbocycles. The van der Waals surface area contributed by atoms with E-state index in [9.17, 15) is 9.59 Å². The lowest BCUT2D eigenvalue weighted by Gasteiger charge is -2.25. The van der Waals surface area contributed by atoms with Crippen molar-refractivity contribution in [2.75, 3.05) is 32.1 Å². The van der Waals surface area contributed by atoms with Gasteiger partial charge in [-0.05, 0) is 29.8 Å². The van der Waals surface area contributed by atoms with Crippen LogP contribution in [0.5, 0.6) is 5.75 Å². The number of rotatable bonds is 8. The summed E-state index contributed by atoms with van der Waals surface area (Å²) in [7, 11) is 3.31. The Morgan fingerprint density at radius 3 is 2.20 bits per heavy atom. The van der Waals surface area contributed by atoms with Gasteiger partial charge < -0.3 is 19.6 Å². The van der Waals surface area contributed by atoms with Gasteiger partial charge in [-0.15, -0.1) is 0 Å². The number of amides is 1. The molecule has 6 heteroatoms. The summed E-state index contributed by atoms with van der Waals surface area (Å²) in [4.78, 5) is 26.7. The number of aliphatic carboxylic acids is 1. The lowest BCUT2D eigenvalue weighted by atomic mass is 10.2.